The number of para-hydroxylation sites is 2. The molecule has 0 saturated carbocycles. The lowest BCUT2D eigenvalue weighted by Crippen LogP contribution is -2.10. The molecular weight excluding hydrogens is 392 g/mol. The lowest BCUT2D eigenvalue weighted by atomic mass is 9.96. The van der Waals surface area contributed by atoms with Gasteiger partial charge in [0.25, 0.3) is 0 Å². The van der Waals surface area contributed by atoms with Crippen LogP contribution in [0.1, 0.15) is 0 Å². The van der Waals surface area contributed by atoms with Gasteiger partial charge in [-0.25, -0.2) is 0 Å². The van der Waals surface area contributed by atoms with Crippen molar-refractivity contribution in [3.63, 3.8) is 0 Å². The molecule has 0 atom stereocenters. The lowest BCUT2D eigenvalue weighted by molar-refractivity contribution is 0.239. The molecule has 0 saturated heterocycles. The number of hydrogen-bond donors (Lipinski definition) is 0. The molecule has 1 aliphatic rings. The first-order valence-electron chi connectivity index (χ1n) is 10.7. The van der Waals surface area contributed by atoms with Crippen molar-refractivity contribution in [2.75, 3.05) is 0 Å². The van der Waals surface area contributed by atoms with Gasteiger partial charge in [0.15, 0.2) is 5.75 Å². The first-order valence-corrected chi connectivity index (χ1v) is 10.7. The van der Waals surface area contributed by atoms with Gasteiger partial charge >= 0.3 is 0 Å². The van der Waals surface area contributed by atoms with Crippen LogP contribution in [0.2, 0.25) is 0 Å². The van der Waals surface area contributed by atoms with Crippen molar-refractivity contribution in [2.24, 2.45) is 0 Å². The van der Waals surface area contributed by atoms with E-state index < -0.39 is 0 Å². The average molecular weight is 410 g/mol. The molecule has 0 unspecified atom stereocenters. The Hall–Kier alpha value is -4.37. The first kappa shape index (κ1) is 17.3. The fraction of sp³-hybridized carbons (Fsp3) is 0. The Morgan fingerprint density at radius 2 is 1.34 bits per heavy atom. The van der Waals surface area contributed by atoms with Crippen LogP contribution in [0.4, 0.5) is 0 Å². The Kier molecular flexibility index (Phi) is 3.55. The van der Waals surface area contributed by atoms with E-state index in [9.17, 15) is 0 Å². The van der Waals surface area contributed by atoms with Crippen molar-refractivity contribution in [3.8, 4) is 39.3 Å². The molecule has 0 aliphatic carbocycles. The summed E-state index contributed by atoms with van der Waals surface area (Å²) in [7, 11) is 0. The normalized spacial score (nSPS) is 12.0. The third-order valence-corrected chi connectivity index (χ3v) is 6.25. The van der Waals surface area contributed by atoms with E-state index in [4.69, 9.17) is 4.84 Å². The maximum Gasteiger partial charge on any atom is 0.163 e. The molecule has 3 nitrogen and oxygen atoms in total. The van der Waals surface area contributed by atoms with Crippen molar-refractivity contribution >= 4 is 21.8 Å². The fourth-order valence-electron chi connectivity index (χ4n) is 4.84. The van der Waals surface area contributed by atoms with Gasteiger partial charge in [0.2, 0.25) is 0 Å². The molecule has 2 aromatic heterocycles. The summed E-state index contributed by atoms with van der Waals surface area (Å²) in [5.41, 5.74) is 8.84. The van der Waals surface area contributed by atoms with Crippen LogP contribution in [0.15, 0.2) is 109 Å². The van der Waals surface area contributed by atoms with Gasteiger partial charge in [0.1, 0.15) is 0 Å². The zero-order chi connectivity index (χ0) is 21.1. The molecule has 32 heavy (non-hydrogen) atoms. The number of benzene rings is 4. The Balaban J connectivity index is 1.66. The second-order valence-electron chi connectivity index (χ2n) is 8.08. The molecule has 150 valence electrons. The summed E-state index contributed by atoms with van der Waals surface area (Å²) in [5, 5.41) is 2.35. The molecule has 1 aliphatic heterocycles. The maximum atomic E-state index is 6.51. The standard InChI is InChI=1S/C29H18N2O/c1-2-9-19(10-3-1)24-17-20(26-14-6-7-16-30-26)18-25-23-13-8-12-22-21-11-4-5-15-27(21)32-31(28(22)23)29(24)25/h1-18H. The van der Waals surface area contributed by atoms with Crippen LogP contribution in [0.25, 0.3) is 55.3 Å². The van der Waals surface area contributed by atoms with E-state index in [2.05, 4.69) is 77.8 Å². The Morgan fingerprint density at radius 3 is 2.22 bits per heavy atom. The van der Waals surface area contributed by atoms with Crippen LogP contribution in [0.3, 0.4) is 0 Å². The van der Waals surface area contributed by atoms with Crippen molar-refractivity contribution in [1.29, 1.82) is 0 Å². The second-order valence-corrected chi connectivity index (χ2v) is 8.08. The number of fused-ring (bicyclic) bond motifs is 5. The minimum atomic E-state index is 0.873. The third-order valence-electron chi connectivity index (χ3n) is 6.25. The molecule has 0 fully saturated rings. The van der Waals surface area contributed by atoms with Crippen molar-refractivity contribution < 1.29 is 4.84 Å². The number of rotatable bonds is 2. The summed E-state index contributed by atoms with van der Waals surface area (Å²) < 4.78 is 2.02. The summed E-state index contributed by atoms with van der Waals surface area (Å²) in [6, 6.07) is 35.8. The fourth-order valence-corrected chi connectivity index (χ4v) is 4.84. The number of pyridine rings is 1. The van der Waals surface area contributed by atoms with E-state index in [0.29, 0.717) is 0 Å². The number of hydrogen-bond acceptors (Lipinski definition) is 2. The van der Waals surface area contributed by atoms with Gasteiger partial charge in [-0.3, -0.25) is 4.98 Å². The number of nitrogens with zero attached hydrogens (tertiary/aromatic N) is 2. The molecule has 7 rings (SSSR count). The minimum absolute atomic E-state index is 0.873. The predicted molar refractivity (Wildman–Crippen MR) is 130 cm³/mol. The lowest BCUT2D eigenvalue weighted by Gasteiger charge is -2.21. The second kappa shape index (κ2) is 6.56. The summed E-state index contributed by atoms with van der Waals surface area (Å²) in [6.07, 6.45) is 1.84. The Bertz CT molecular complexity index is 1630. The Morgan fingerprint density at radius 1 is 0.562 bits per heavy atom. The van der Waals surface area contributed by atoms with Crippen LogP contribution in [0, 0.1) is 0 Å². The average Bonchev–Trinajstić information content (AvgIpc) is 3.19. The van der Waals surface area contributed by atoms with E-state index in [-0.39, 0.29) is 0 Å². The third kappa shape index (κ3) is 2.39. The van der Waals surface area contributed by atoms with Crippen LogP contribution in [0.5, 0.6) is 5.75 Å². The molecule has 0 amide bonds. The highest BCUT2D eigenvalue weighted by molar-refractivity contribution is 6.17. The van der Waals surface area contributed by atoms with Gasteiger partial charge in [0, 0.05) is 39.2 Å². The largest absolute Gasteiger partial charge is 0.374 e. The van der Waals surface area contributed by atoms with E-state index >= 15 is 0 Å². The van der Waals surface area contributed by atoms with E-state index in [0.717, 1.165) is 50.1 Å². The minimum Gasteiger partial charge on any atom is -0.374 e. The van der Waals surface area contributed by atoms with E-state index in [1.807, 2.05) is 41.3 Å². The van der Waals surface area contributed by atoms with E-state index in [1.165, 1.54) is 10.9 Å². The van der Waals surface area contributed by atoms with E-state index in [1.54, 1.807) is 0 Å². The van der Waals surface area contributed by atoms with Gasteiger partial charge in [-0.15, -0.1) is 0 Å². The summed E-state index contributed by atoms with van der Waals surface area (Å²) >= 11 is 0. The van der Waals surface area contributed by atoms with Crippen LogP contribution in [-0.4, -0.2) is 9.71 Å². The van der Waals surface area contributed by atoms with Crippen molar-refractivity contribution in [2.45, 2.75) is 0 Å². The van der Waals surface area contributed by atoms with Gasteiger partial charge in [-0.2, -0.15) is 4.73 Å². The Labute approximate surface area is 185 Å². The molecule has 4 aromatic carbocycles. The molecule has 0 bridgehead atoms. The highest BCUT2D eigenvalue weighted by Crippen LogP contribution is 2.46. The molecule has 3 heterocycles. The van der Waals surface area contributed by atoms with Gasteiger partial charge in [0.05, 0.1) is 16.7 Å². The summed E-state index contributed by atoms with van der Waals surface area (Å²) in [4.78, 5) is 11.1. The van der Waals surface area contributed by atoms with Crippen LogP contribution in [-0.2, 0) is 0 Å². The zero-order valence-corrected chi connectivity index (χ0v) is 17.2. The topological polar surface area (TPSA) is 27.1 Å². The molecule has 0 radical (unpaired) electrons. The summed E-state index contributed by atoms with van der Waals surface area (Å²) in [5.74, 6) is 0.873. The van der Waals surface area contributed by atoms with Crippen LogP contribution < -0.4 is 4.84 Å². The van der Waals surface area contributed by atoms with Gasteiger partial charge in [-0.1, -0.05) is 72.8 Å². The first-order chi connectivity index (χ1) is 15.9. The zero-order valence-electron chi connectivity index (χ0n) is 17.2. The molecule has 0 N–H and O–H groups in total. The van der Waals surface area contributed by atoms with Gasteiger partial charge in [-0.05, 0) is 35.9 Å². The van der Waals surface area contributed by atoms with Crippen LogP contribution >= 0.6 is 0 Å². The number of aromatic nitrogens is 2. The van der Waals surface area contributed by atoms with Crippen molar-refractivity contribution in [1.82, 2.24) is 9.71 Å². The predicted octanol–water partition coefficient (Wildman–Crippen LogP) is 7.35. The monoisotopic (exact) mass is 410 g/mol. The molecule has 3 heteroatoms. The summed E-state index contributed by atoms with van der Waals surface area (Å²) in [6.45, 7) is 0. The highest BCUT2D eigenvalue weighted by Gasteiger charge is 2.25. The molecule has 0 spiro atoms. The maximum absolute atomic E-state index is 6.51. The molecule has 6 aromatic rings. The SMILES string of the molecule is c1ccc(-c2cc(-c3ccccn3)cc3c4cccc5c4n(c23)Oc2ccccc2-5)cc1. The quantitative estimate of drug-likeness (QED) is 0.298. The van der Waals surface area contributed by atoms with Gasteiger partial charge < -0.3 is 4.84 Å². The highest BCUT2D eigenvalue weighted by atomic mass is 16.7. The smallest absolute Gasteiger partial charge is 0.163 e. The molecular formula is C29H18N2O. The van der Waals surface area contributed by atoms with Crippen molar-refractivity contribution in [3.05, 3.63) is 109 Å².